The molecule has 130 valence electrons. The van der Waals surface area contributed by atoms with E-state index in [0.29, 0.717) is 18.3 Å². The molecule has 1 aliphatic heterocycles. The Morgan fingerprint density at radius 1 is 1.29 bits per heavy atom. The van der Waals surface area contributed by atoms with Crippen LogP contribution in [0.15, 0.2) is 24.3 Å². The lowest BCUT2D eigenvalue weighted by molar-refractivity contribution is -0.127. The maximum Gasteiger partial charge on any atom is 0.224 e. The molecule has 1 saturated heterocycles. The number of carbonyl (C=O) groups is 2. The number of hydrogen-bond acceptors (Lipinski definition) is 2. The van der Waals surface area contributed by atoms with Gasteiger partial charge in [-0.2, -0.15) is 0 Å². The average Bonchev–Trinajstić information content (AvgIpc) is 2.55. The lowest BCUT2D eigenvalue weighted by Crippen LogP contribution is -2.55. The molecule has 0 bridgehead atoms. The summed E-state index contributed by atoms with van der Waals surface area (Å²) in [6.45, 7) is 2.15. The molecule has 0 radical (unpaired) electrons. The van der Waals surface area contributed by atoms with E-state index in [1.807, 2.05) is 0 Å². The number of carbonyl (C=O) groups excluding carboxylic acids is 2. The Morgan fingerprint density at radius 3 is 2.75 bits per heavy atom. The van der Waals surface area contributed by atoms with E-state index in [4.69, 9.17) is 0 Å². The second-order valence-corrected chi connectivity index (χ2v) is 7.09. The molecule has 2 N–H and O–H groups in total. The van der Waals surface area contributed by atoms with Gasteiger partial charge in [0.15, 0.2) is 0 Å². The molecule has 2 aliphatic rings. The van der Waals surface area contributed by atoms with Gasteiger partial charge in [-0.25, -0.2) is 4.39 Å². The highest BCUT2D eigenvalue weighted by atomic mass is 19.1. The third-order valence-corrected chi connectivity index (χ3v) is 5.47. The van der Waals surface area contributed by atoms with Crippen LogP contribution in [0, 0.1) is 17.7 Å². The summed E-state index contributed by atoms with van der Waals surface area (Å²) in [5.74, 6) is 0.814. The molecule has 4 atom stereocenters. The van der Waals surface area contributed by atoms with Gasteiger partial charge in [-0.1, -0.05) is 25.5 Å². The fourth-order valence-electron chi connectivity index (χ4n) is 4.22. The van der Waals surface area contributed by atoms with Crippen molar-refractivity contribution in [2.24, 2.45) is 11.8 Å². The van der Waals surface area contributed by atoms with Gasteiger partial charge in [0.05, 0.1) is 6.42 Å². The molecular weight excluding hydrogens is 307 g/mol. The first-order valence-corrected chi connectivity index (χ1v) is 8.88. The SMILES string of the molecule is CCC1CC(=O)NC2CC(NC(=O)Cc3ccc(F)cc3)CCC12. The summed E-state index contributed by atoms with van der Waals surface area (Å²) < 4.78 is 12.9. The van der Waals surface area contributed by atoms with Crippen LogP contribution >= 0.6 is 0 Å². The molecule has 3 rings (SSSR count). The molecule has 5 heteroatoms. The van der Waals surface area contributed by atoms with E-state index in [-0.39, 0.29) is 36.1 Å². The predicted octanol–water partition coefficient (Wildman–Crippen LogP) is 2.57. The molecule has 24 heavy (non-hydrogen) atoms. The predicted molar refractivity (Wildman–Crippen MR) is 89.7 cm³/mol. The zero-order chi connectivity index (χ0) is 17.1. The summed E-state index contributed by atoms with van der Waals surface area (Å²) in [6, 6.07) is 6.31. The van der Waals surface area contributed by atoms with Gasteiger partial charge in [0.1, 0.15) is 5.82 Å². The highest BCUT2D eigenvalue weighted by molar-refractivity contribution is 5.79. The van der Waals surface area contributed by atoms with E-state index in [1.165, 1.54) is 12.1 Å². The van der Waals surface area contributed by atoms with Crippen LogP contribution in [0.1, 0.15) is 44.6 Å². The largest absolute Gasteiger partial charge is 0.353 e. The zero-order valence-electron chi connectivity index (χ0n) is 14.1. The van der Waals surface area contributed by atoms with Crippen LogP contribution in [-0.2, 0) is 16.0 Å². The highest BCUT2D eigenvalue weighted by Crippen LogP contribution is 2.36. The first-order chi connectivity index (χ1) is 11.5. The minimum absolute atomic E-state index is 0.0424. The number of rotatable bonds is 4. The van der Waals surface area contributed by atoms with Gasteiger partial charge in [-0.05, 0) is 48.8 Å². The molecule has 1 aliphatic carbocycles. The van der Waals surface area contributed by atoms with Crippen molar-refractivity contribution in [1.82, 2.24) is 10.6 Å². The molecule has 0 spiro atoms. The highest BCUT2D eigenvalue weighted by Gasteiger charge is 2.40. The van der Waals surface area contributed by atoms with Crippen LogP contribution in [-0.4, -0.2) is 23.9 Å². The number of piperidine rings is 1. The average molecular weight is 332 g/mol. The van der Waals surface area contributed by atoms with Gasteiger partial charge < -0.3 is 10.6 Å². The quantitative estimate of drug-likeness (QED) is 0.890. The molecule has 4 unspecified atom stereocenters. The van der Waals surface area contributed by atoms with Crippen molar-refractivity contribution >= 4 is 11.8 Å². The fourth-order valence-corrected chi connectivity index (χ4v) is 4.22. The van der Waals surface area contributed by atoms with Gasteiger partial charge in [-0.3, -0.25) is 9.59 Å². The molecule has 1 aromatic rings. The Hall–Kier alpha value is -1.91. The number of amides is 2. The standard InChI is InChI=1S/C19H25FN2O2/c1-2-13-10-19(24)22-17-11-15(7-8-16(13)17)21-18(23)9-12-3-5-14(20)6-4-12/h3-6,13,15-17H,2,7-11H2,1H3,(H,21,23)(H,22,24). The van der Waals surface area contributed by atoms with Crippen LogP contribution in [0.25, 0.3) is 0 Å². The van der Waals surface area contributed by atoms with E-state index in [2.05, 4.69) is 17.6 Å². The first-order valence-electron chi connectivity index (χ1n) is 8.88. The summed E-state index contributed by atoms with van der Waals surface area (Å²) in [6.07, 6.45) is 4.75. The molecule has 2 amide bonds. The third-order valence-electron chi connectivity index (χ3n) is 5.47. The third kappa shape index (κ3) is 3.94. The van der Waals surface area contributed by atoms with E-state index >= 15 is 0 Å². The monoisotopic (exact) mass is 332 g/mol. The molecule has 4 nitrogen and oxygen atoms in total. The van der Waals surface area contributed by atoms with Crippen molar-refractivity contribution in [3.63, 3.8) is 0 Å². The summed E-state index contributed by atoms with van der Waals surface area (Å²) in [7, 11) is 0. The molecular formula is C19H25FN2O2. The van der Waals surface area contributed by atoms with Crippen LogP contribution < -0.4 is 10.6 Å². The van der Waals surface area contributed by atoms with Crippen molar-refractivity contribution < 1.29 is 14.0 Å². The summed E-state index contributed by atoms with van der Waals surface area (Å²) in [4.78, 5) is 24.1. The number of halogens is 1. The first kappa shape index (κ1) is 16.9. The van der Waals surface area contributed by atoms with E-state index in [1.54, 1.807) is 12.1 Å². The lowest BCUT2D eigenvalue weighted by Gasteiger charge is -2.44. The molecule has 2 fully saturated rings. The molecule has 1 saturated carbocycles. The van der Waals surface area contributed by atoms with Crippen molar-refractivity contribution in [3.8, 4) is 0 Å². The molecule has 0 aromatic heterocycles. The Kier molecular flexibility index (Phi) is 5.17. The van der Waals surface area contributed by atoms with Crippen molar-refractivity contribution in [2.45, 2.75) is 57.5 Å². The van der Waals surface area contributed by atoms with Crippen molar-refractivity contribution in [1.29, 1.82) is 0 Å². The van der Waals surface area contributed by atoms with Gasteiger partial charge in [-0.15, -0.1) is 0 Å². The number of nitrogens with one attached hydrogen (secondary N) is 2. The van der Waals surface area contributed by atoms with Crippen LogP contribution in [0.5, 0.6) is 0 Å². The van der Waals surface area contributed by atoms with Crippen LogP contribution in [0.4, 0.5) is 4.39 Å². The second-order valence-electron chi connectivity index (χ2n) is 7.09. The summed E-state index contributed by atoms with van der Waals surface area (Å²) in [5.41, 5.74) is 0.805. The van der Waals surface area contributed by atoms with Gasteiger partial charge >= 0.3 is 0 Å². The minimum Gasteiger partial charge on any atom is -0.353 e. The second kappa shape index (κ2) is 7.32. The maximum atomic E-state index is 12.9. The molecule has 1 aromatic carbocycles. The van der Waals surface area contributed by atoms with E-state index in [9.17, 15) is 14.0 Å². The van der Waals surface area contributed by atoms with Crippen molar-refractivity contribution in [2.75, 3.05) is 0 Å². The normalized spacial score (nSPS) is 29.5. The zero-order valence-corrected chi connectivity index (χ0v) is 14.1. The van der Waals surface area contributed by atoms with E-state index in [0.717, 1.165) is 31.2 Å². The van der Waals surface area contributed by atoms with Crippen molar-refractivity contribution in [3.05, 3.63) is 35.6 Å². The Morgan fingerprint density at radius 2 is 2.04 bits per heavy atom. The topological polar surface area (TPSA) is 58.2 Å². The van der Waals surface area contributed by atoms with Gasteiger partial charge in [0, 0.05) is 18.5 Å². The summed E-state index contributed by atoms with van der Waals surface area (Å²) >= 11 is 0. The Labute approximate surface area is 142 Å². The molecule has 1 heterocycles. The minimum atomic E-state index is -0.295. The van der Waals surface area contributed by atoms with Gasteiger partial charge in [0.25, 0.3) is 0 Å². The van der Waals surface area contributed by atoms with Crippen LogP contribution in [0.2, 0.25) is 0 Å². The Bertz CT molecular complexity index is 602. The number of hydrogen-bond donors (Lipinski definition) is 2. The lowest BCUT2D eigenvalue weighted by atomic mass is 9.70. The number of fused-ring (bicyclic) bond motifs is 1. The Balaban J connectivity index is 1.54. The van der Waals surface area contributed by atoms with Gasteiger partial charge in [0.2, 0.25) is 11.8 Å². The fraction of sp³-hybridized carbons (Fsp3) is 0.579. The maximum absolute atomic E-state index is 12.9. The van der Waals surface area contributed by atoms with Crippen LogP contribution in [0.3, 0.4) is 0 Å². The summed E-state index contributed by atoms with van der Waals surface area (Å²) in [5, 5.41) is 6.19. The van der Waals surface area contributed by atoms with E-state index < -0.39 is 0 Å². The smallest absolute Gasteiger partial charge is 0.224 e. The number of benzene rings is 1.